The molecule has 0 aliphatic carbocycles. The van der Waals surface area contributed by atoms with Crippen LogP contribution in [-0.4, -0.2) is 29.8 Å². The van der Waals surface area contributed by atoms with Crippen molar-refractivity contribution in [1.29, 1.82) is 0 Å². The zero-order valence-electron chi connectivity index (χ0n) is 10.8. The van der Waals surface area contributed by atoms with Crippen molar-refractivity contribution in [2.45, 2.75) is 25.5 Å². The number of nitrogens with one attached hydrogen (secondary N) is 1. The molecule has 0 aromatic heterocycles. The molecule has 0 fully saturated rings. The van der Waals surface area contributed by atoms with Crippen molar-refractivity contribution in [3.05, 3.63) is 34.9 Å². The van der Waals surface area contributed by atoms with E-state index in [1.165, 1.54) is 0 Å². The van der Waals surface area contributed by atoms with Crippen LogP contribution in [0, 0.1) is 0 Å². The maximum Gasteiger partial charge on any atom is 0.408 e. The standard InChI is InChI=1S/C13H17ClN2O4/c14-10-5-2-1-4-9(10)8-20-13(19)16-11(12(17)18)6-3-7-15/h1-2,4-5,11H,3,6-8,15H2,(H,16,19)(H,17,18)/t11-/m0/s1. The van der Waals surface area contributed by atoms with Crippen LogP contribution in [0.15, 0.2) is 24.3 Å². The van der Waals surface area contributed by atoms with Gasteiger partial charge in [-0.2, -0.15) is 0 Å². The first-order valence-corrected chi connectivity index (χ1v) is 6.52. The van der Waals surface area contributed by atoms with E-state index < -0.39 is 18.1 Å². The SMILES string of the molecule is NCCC[C@H](NC(=O)OCc1ccccc1Cl)C(=O)O. The first kappa shape index (κ1) is 16.3. The number of hydrogen-bond donors (Lipinski definition) is 3. The lowest BCUT2D eigenvalue weighted by Gasteiger charge is -2.14. The van der Waals surface area contributed by atoms with Crippen LogP contribution < -0.4 is 11.1 Å². The summed E-state index contributed by atoms with van der Waals surface area (Å²) in [6, 6.07) is 5.93. The minimum Gasteiger partial charge on any atom is -0.480 e. The Hall–Kier alpha value is -1.79. The number of carbonyl (C=O) groups excluding carboxylic acids is 1. The van der Waals surface area contributed by atoms with Gasteiger partial charge in [-0.3, -0.25) is 0 Å². The summed E-state index contributed by atoms with van der Waals surface area (Å²) in [4.78, 5) is 22.5. The van der Waals surface area contributed by atoms with Crippen LogP contribution in [-0.2, 0) is 16.1 Å². The summed E-state index contributed by atoms with van der Waals surface area (Å²) in [6.45, 7) is 0.342. The molecule has 7 heteroatoms. The number of hydrogen-bond acceptors (Lipinski definition) is 4. The van der Waals surface area contributed by atoms with Crippen molar-refractivity contribution in [3.63, 3.8) is 0 Å². The molecule has 6 nitrogen and oxygen atoms in total. The molecule has 1 aromatic carbocycles. The average molecular weight is 301 g/mol. The molecule has 1 atom stereocenters. The van der Waals surface area contributed by atoms with Crippen LogP contribution in [0.25, 0.3) is 0 Å². The highest BCUT2D eigenvalue weighted by atomic mass is 35.5. The minimum absolute atomic E-state index is 0.0191. The predicted octanol–water partition coefficient (Wildman–Crippen LogP) is 1.76. The summed E-state index contributed by atoms with van der Waals surface area (Å²) in [5.74, 6) is -1.12. The molecule has 20 heavy (non-hydrogen) atoms. The third kappa shape index (κ3) is 5.46. The molecule has 0 spiro atoms. The van der Waals surface area contributed by atoms with E-state index in [0.29, 0.717) is 23.6 Å². The van der Waals surface area contributed by atoms with Gasteiger partial charge in [0, 0.05) is 10.6 Å². The van der Waals surface area contributed by atoms with E-state index in [9.17, 15) is 9.59 Å². The number of carboxylic acids is 1. The lowest BCUT2D eigenvalue weighted by molar-refractivity contribution is -0.139. The summed E-state index contributed by atoms with van der Waals surface area (Å²) in [5, 5.41) is 11.7. The number of rotatable bonds is 7. The van der Waals surface area contributed by atoms with E-state index in [-0.39, 0.29) is 13.0 Å². The van der Waals surface area contributed by atoms with E-state index in [0.717, 1.165) is 0 Å². The lowest BCUT2D eigenvalue weighted by atomic mass is 10.1. The average Bonchev–Trinajstić information content (AvgIpc) is 2.42. The number of alkyl carbamates (subject to hydrolysis) is 1. The second-order valence-corrected chi connectivity index (χ2v) is 4.54. The summed E-state index contributed by atoms with van der Waals surface area (Å²) in [5.41, 5.74) is 5.96. The van der Waals surface area contributed by atoms with Gasteiger partial charge in [-0.25, -0.2) is 9.59 Å². The third-order valence-electron chi connectivity index (χ3n) is 2.60. The minimum atomic E-state index is -1.12. The molecular weight excluding hydrogens is 284 g/mol. The predicted molar refractivity (Wildman–Crippen MR) is 74.5 cm³/mol. The maximum atomic E-state index is 11.5. The fraction of sp³-hybridized carbons (Fsp3) is 0.385. The van der Waals surface area contributed by atoms with Gasteiger partial charge < -0.3 is 20.9 Å². The van der Waals surface area contributed by atoms with Gasteiger partial charge in [0.2, 0.25) is 0 Å². The number of aliphatic carboxylic acids is 1. The van der Waals surface area contributed by atoms with E-state index in [4.69, 9.17) is 27.2 Å². The van der Waals surface area contributed by atoms with Gasteiger partial charge in [0.15, 0.2) is 0 Å². The second-order valence-electron chi connectivity index (χ2n) is 4.13. The molecule has 1 amide bonds. The zero-order valence-corrected chi connectivity index (χ0v) is 11.6. The van der Waals surface area contributed by atoms with E-state index >= 15 is 0 Å². The molecule has 0 saturated heterocycles. The summed E-state index contributed by atoms with van der Waals surface area (Å²) in [6.07, 6.45) is -0.0382. The number of halogens is 1. The van der Waals surface area contributed by atoms with E-state index in [1.54, 1.807) is 24.3 Å². The van der Waals surface area contributed by atoms with Gasteiger partial charge in [-0.05, 0) is 25.5 Å². The Labute approximate surface area is 121 Å². The smallest absolute Gasteiger partial charge is 0.408 e. The molecule has 110 valence electrons. The Morgan fingerprint density at radius 1 is 1.40 bits per heavy atom. The Morgan fingerprint density at radius 2 is 2.10 bits per heavy atom. The van der Waals surface area contributed by atoms with Gasteiger partial charge in [0.25, 0.3) is 0 Å². The van der Waals surface area contributed by atoms with Crippen LogP contribution in [0.2, 0.25) is 5.02 Å². The monoisotopic (exact) mass is 300 g/mol. The van der Waals surface area contributed by atoms with Crippen molar-refractivity contribution in [3.8, 4) is 0 Å². The summed E-state index contributed by atoms with van der Waals surface area (Å²) < 4.78 is 4.94. The highest BCUT2D eigenvalue weighted by molar-refractivity contribution is 6.31. The zero-order chi connectivity index (χ0) is 15.0. The number of amides is 1. The number of benzene rings is 1. The van der Waals surface area contributed by atoms with Crippen LogP contribution in [0.1, 0.15) is 18.4 Å². The van der Waals surface area contributed by atoms with Gasteiger partial charge >= 0.3 is 12.1 Å². The maximum absolute atomic E-state index is 11.5. The number of carboxylic acid groups (broad SMARTS) is 1. The lowest BCUT2D eigenvalue weighted by Crippen LogP contribution is -2.41. The van der Waals surface area contributed by atoms with Crippen molar-refractivity contribution < 1.29 is 19.4 Å². The van der Waals surface area contributed by atoms with Crippen LogP contribution in [0.4, 0.5) is 4.79 Å². The largest absolute Gasteiger partial charge is 0.480 e. The molecule has 0 aliphatic heterocycles. The Kier molecular flexibility index (Phi) is 6.83. The molecule has 0 saturated carbocycles. The van der Waals surface area contributed by atoms with E-state index in [1.807, 2.05) is 0 Å². The normalized spacial score (nSPS) is 11.7. The fourth-order valence-corrected chi connectivity index (χ4v) is 1.71. The van der Waals surface area contributed by atoms with Crippen molar-refractivity contribution in [2.24, 2.45) is 5.73 Å². The molecule has 1 rings (SSSR count). The molecule has 0 heterocycles. The molecule has 0 aliphatic rings. The molecule has 0 radical (unpaired) electrons. The van der Waals surface area contributed by atoms with Crippen LogP contribution in [0.5, 0.6) is 0 Å². The summed E-state index contributed by atoms with van der Waals surface area (Å²) >= 11 is 5.91. The first-order valence-electron chi connectivity index (χ1n) is 6.14. The first-order chi connectivity index (χ1) is 9.54. The number of carbonyl (C=O) groups is 2. The highest BCUT2D eigenvalue weighted by Crippen LogP contribution is 2.15. The van der Waals surface area contributed by atoms with E-state index in [2.05, 4.69) is 5.32 Å². The van der Waals surface area contributed by atoms with Crippen molar-refractivity contribution in [1.82, 2.24) is 5.32 Å². The number of nitrogens with two attached hydrogens (primary N) is 1. The Balaban J connectivity index is 2.46. The summed E-state index contributed by atoms with van der Waals surface area (Å²) in [7, 11) is 0. The highest BCUT2D eigenvalue weighted by Gasteiger charge is 2.20. The molecule has 0 bridgehead atoms. The Morgan fingerprint density at radius 3 is 2.70 bits per heavy atom. The van der Waals surface area contributed by atoms with Crippen molar-refractivity contribution >= 4 is 23.7 Å². The quantitative estimate of drug-likeness (QED) is 0.712. The van der Waals surface area contributed by atoms with Gasteiger partial charge in [0.1, 0.15) is 12.6 Å². The second kappa shape index (κ2) is 8.39. The van der Waals surface area contributed by atoms with Gasteiger partial charge in [-0.15, -0.1) is 0 Å². The molecular formula is C13H17ClN2O4. The van der Waals surface area contributed by atoms with Crippen LogP contribution >= 0.6 is 11.6 Å². The third-order valence-corrected chi connectivity index (χ3v) is 2.97. The Bertz CT molecular complexity index is 467. The molecule has 1 aromatic rings. The fourth-order valence-electron chi connectivity index (χ4n) is 1.52. The van der Waals surface area contributed by atoms with Crippen LogP contribution in [0.3, 0.4) is 0 Å². The number of ether oxygens (including phenoxy) is 1. The molecule has 0 unspecified atom stereocenters. The topological polar surface area (TPSA) is 102 Å². The van der Waals surface area contributed by atoms with Gasteiger partial charge in [0.05, 0.1) is 0 Å². The van der Waals surface area contributed by atoms with Gasteiger partial charge in [-0.1, -0.05) is 29.8 Å². The molecule has 4 N–H and O–H groups in total. The van der Waals surface area contributed by atoms with Crippen molar-refractivity contribution in [2.75, 3.05) is 6.54 Å².